The molecule has 0 saturated heterocycles. The van der Waals surface area contributed by atoms with Crippen molar-refractivity contribution < 1.29 is 0 Å². The Hall–Kier alpha value is -2.38. The van der Waals surface area contributed by atoms with Crippen molar-refractivity contribution in [3.8, 4) is 0 Å². The lowest BCUT2D eigenvalue weighted by Gasteiger charge is -2.07. The van der Waals surface area contributed by atoms with E-state index in [1.54, 1.807) is 10.9 Å². The van der Waals surface area contributed by atoms with Crippen molar-refractivity contribution >= 4 is 34.6 Å². The highest BCUT2D eigenvalue weighted by atomic mass is 35.5. The summed E-state index contributed by atoms with van der Waals surface area (Å²) < 4.78 is 3.67. The van der Waals surface area contributed by atoms with Gasteiger partial charge in [-0.2, -0.15) is 10.2 Å². The van der Waals surface area contributed by atoms with Crippen molar-refractivity contribution in [2.24, 2.45) is 0 Å². The molecule has 0 spiro atoms. The molecule has 0 unspecified atom stereocenters. The van der Waals surface area contributed by atoms with E-state index in [1.165, 1.54) is 11.1 Å². The molecule has 0 radical (unpaired) electrons. The Bertz CT molecular complexity index is 883. The van der Waals surface area contributed by atoms with Gasteiger partial charge in [0.15, 0.2) is 5.11 Å². The van der Waals surface area contributed by atoms with Crippen molar-refractivity contribution in [2.75, 3.05) is 5.32 Å². The van der Waals surface area contributed by atoms with Gasteiger partial charge in [0.2, 0.25) is 0 Å². The van der Waals surface area contributed by atoms with Crippen molar-refractivity contribution in [1.29, 1.82) is 0 Å². The summed E-state index contributed by atoms with van der Waals surface area (Å²) in [7, 11) is 0. The minimum Gasteiger partial charge on any atom is -0.357 e. The van der Waals surface area contributed by atoms with Gasteiger partial charge in [-0.05, 0) is 31.6 Å². The molecule has 0 aliphatic heterocycles. The number of anilines is 1. The van der Waals surface area contributed by atoms with Crippen LogP contribution in [0.2, 0.25) is 5.02 Å². The summed E-state index contributed by atoms with van der Waals surface area (Å²) in [6.07, 6.45) is 5.48. The van der Waals surface area contributed by atoms with E-state index in [-0.39, 0.29) is 0 Å². The van der Waals surface area contributed by atoms with E-state index in [0.29, 0.717) is 23.2 Å². The van der Waals surface area contributed by atoms with Crippen LogP contribution in [0.5, 0.6) is 0 Å². The van der Waals surface area contributed by atoms with Gasteiger partial charge < -0.3 is 10.6 Å². The third-order valence-electron chi connectivity index (χ3n) is 3.88. The normalized spacial score (nSPS) is 10.7. The highest BCUT2D eigenvalue weighted by Crippen LogP contribution is 2.14. The van der Waals surface area contributed by atoms with Crippen LogP contribution in [-0.2, 0) is 19.6 Å². The van der Waals surface area contributed by atoms with Gasteiger partial charge in [0.1, 0.15) is 5.69 Å². The van der Waals surface area contributed by atoms with E-state index >= 15 is 0 Å². The number of thiocarbonyl (C=S) groups is 1. The van der Waals surface area contributed by atoms with E-state index in [0.717, 1.165) is 17.9 Å². The van der Waals surface area contributed by atoms with Crippen LogP contribution in [0.4, 0.5) is 5.69 Å². The number of aromatic nitrogens is 4. The lowest BCUT2D eigenvalue weighted by Crippen LogP contribution is -2.28. The molecule has 0 amide bonds. The highest BCUT2D eigenvalue weighted by Gasteiger charge is 2.07. The Balaban J connectivity index is 1.52. The highest BCUT2D eigenvalue weighted by molar-refractivity contribution is 7.80. The maximum Gasteiger partial charge on any atom is 0.171 e. The molecule has 2 N–H and O–H groups in total. The number of nitrogens with zero attached hydrogens (tertiary/aromatic N) is 4. The van der Waals surface area contributed by atoms with Crippen LogP contribution in [0.15, 0.2) is 42.9 Å². The summed E-state index contributed by atoms with van der Waals surface area (Å²) in [4.78, 5) is 0. The second-order valence-corrected chi connectivity index (χ2v) is 6.81. The number of halogens is 1. The minimum absolute atomic E-state index is 0.467. The molecule has 0 fully saturated rings. The predicted octanol–water partition coefficient (Wildman–Crippen LogP) is 3.60. The van der Waals surface area contributed by atoms with Crippen LogP contribution in [0.25, 0.3) is 0 Å². The van der Waals surface area contributed by atoms with Crippen molar-refractivity contribution in [3.05, 3.63) is 64.7 Å². The number of hydrogen-bond donors (Lipinski definition) is 2. The maximum atomic E-state index is 6.16. The van der Waals surface area contributed by atoms with Crippen LogP contribution in [0, 0.1) is 6.92 Å². The molecular weight excluding hydrogens is 368 g/mol. The van der Waals surface area contributed by atoms with Gasteiger partial charge in [-0.3, -0.25) is 9.36 Å². The molecule has 8 heteroatoms. The maximum absolute atomic E-state index is 6.16. The first-order chi connectivity index (χ1) is 12.5. The number of aryl methyl sites for hydroxylation is 2. The van der Waals surface area contributed by atoms with Crippen LogP contribution in [-0.4, -0.2) is 24.7 Å². The molecule has 0 saturated carbocycles. The Morgan fingerprint density at radius 1 is 1.19 bits per heavy atom. The lowest BCUT2D eigenvalue weighted by atomic mass is 10.1. The molecule has 1 aromatic carbocycles. The fourth-order valence-electron chi connectivity index (χ4n) is 2.45. The largest absolute Gasteiger partial charge is 0.357 e. The quantitative estimate of drug-likeness (QED) is 0.632. The average molecular weight is 389 g/mol. The summed E-state index contributed by atoms with van der Waals surface area (Å²) in [5.41, 5.74) is 4.05. The lowest BCUT2D eigenvalue weighted by molar-refractivity contribution is 0.643. The standard InChI is InChI=1S/C18H21ClN6S/c1-3-24-12-16(19)17(23-24)9-20-18(26)22-15-8-21-25(11-15)10-14-6-4-13(2)5-7-14/h4-8,11-12H,3,9-10H2,1-2H3,(H2,20,22,26). The first kappa shape index (κ1) is 18.4. The SMILES string of the molecule is CCn1cc(Cl)c(CNC(=S)Nc2cnn(Cc3ccc(C)cc3)c2)n1. The molecule has 136 valence electrons. The molecule has 26 heavy (non-hydrogen) atoms. The first-order valence-electron chi connectivity index (χ1n) is 8.38. The van der Waals surface area contributed by atoms with Gasteiger partial charge in [-0.25, -0.2) is 0 Å². The molecule has 2 aromatic heterocycles. The monoisotopic (exact) mass is 388 g/mol. The van der Waals surface area contributed by atoms with Crippen LogP contribution in [0.1, 0.15) is 23.7 Å². The molecule has 0 aliphatic carbocycles. The fraction of sp³-hybridized carbons (Fsp3) is 0.278. The average Bonchev–Trinajstić information content (AvgIpc) is 3.21. The van der Waals surface area contributed by atoms with Gasteiger partial charge in [0, 0.05) is 18.9 Å². The topological polar surface area (TPSA) is 59.7 Å². The van der Waals surface area contributed by atoms with Crippen molar-refractivity contribution in [1.82, 2.24) is 24.9 Å². The molecule has 6 nitrogen and oxygen atoms in total. The number of rotatable bonds is 6. The predicted molar refractivity (Wildman–Crippen MR) is 108 cm³/mol. The van der Waals surface area contributed by atoms with Crippen molar-refractivity contribution in [3.63, 3.8) is 0 Å². The Labute approximate surface area is 163 Å². The van der Waals surface area contributed by atoms with Crippen LogP contribution < -0.4 is 10.6 Å². The van der Waals surface area contributed by atoms with E-state index in [4.69, 9.17) is 23.8 Å². The molecule has 2 heterocycles. The first-order valence-corrected chi connectivity index (χ1v) is 9.17. The summed E-state index contributed by atoms with van der Waals surface area (Å²) in [5, 5.41) is 16.1. The van der Waals surface area contributed by atoms with Gasteiger partial charge in [-0.1, -0.05) is 41.4 Å². The number of hydrogen-bond acceptors (Lipinski definition) is 3. The van der Waals surface area contributed by atoms with Crippen molar-refractivity contribution in [2.45, 2.75) is 33.5 Å². The third kappa shape index (κ3) is 4.83. The van der Waals surface area contributed by atoms with Crippen LogP contribution >= 0.6 is 23.8 Å². The molecule has 0 aliphatic rings. The van der Waals surface area contributed by atoms with Crippen LogP contribution in [0.3, 0.4) is 0 Å². The zero-order valence-corrected chi connectivity index (χ0v) is 16.3. The van der Waals surface area contributed by atoms with E-state index in [1.807, 2.05) is 24.0 Å². The Kier molecular flexibility index (Phi) is 5.90. The number of nitrogens with one attached hydrogen (secondary N) is 2. The van der Waals surface area contributed by atoms with Gasteiger partial charge in [-0.15, -0.1) is 0 Å². The second kappa shape index (κ2) is 8.33. The van der Waals surface area contributed by atoms with Gasteiger partial charge in [0.25, 0.3) is 0 Å². The Morgan fingerprint density at radius 2 is 1.96 bits per heavy atom. The van der Waals surface area contributed by atoms with E-state index < -0.39 is 0 Å². The third-order valence-corrected chi connectivity index (χ3v) is 4.45. The summed E-state index contributed by atoms with van der Waals surface area (Å²) >= 11 is 11.5. The van der Waals surface area contributed by atoms with Gasteiger partial charge >= 0.3 is 0 Å². The summed E-state index contributed by atoms with van der Waals surface area (Å²) in [5.74, 6) is 0. The molecule has 3 rings (SSSR count). The minimum atomic E-state index is 0.467. The fourth-order valence-corrected chi connectivity index (χ4v) is 2.86. The zero-order valence-electron chi connectivity index (χ0n) is 14.7. The molecule has 0 atom stereocenters. The Morgan fingerprint density at radius 3 is 2.65 bits per heavy atom. The summed E-state index contributed by atoms with van der Waals surface area (Å²) in [6.45, 7) is 6.05. The van der Waals surface area contributed by atoms with Gasteiger partial charge in [0.05, 0.1) is 30.0 Å². The van der Waals surface area contributed by atoms with E-state index in [9.17, 15) is 0 Å². The number of benzene rings is 1. The second-order valence-electron chi connectivity index (χ2n) is 6.00. The molecule has 0 bridgehead atoms. The summed E-state index contributed by atoms with van der Waals surface area (Å²) in [6, 6.07) is 8.41. The van der Waals surface area contributed by atoms with E-state index in [2.05, 4.69) is 52.0 Å². The molecular formula is C18H21ClN6S. The zero-order chi connectivity index (χ0) is 18.5. The molecule has 3 aromatic rings. The smallest absolute Gasteiger partial charge is 0.171 e.